The van der Waals surface area contributed by atoms with E-state index in [4.69, 9.17) is 0 Å². The van der Waals surface area contributed by atoms with Crippen molar-refractivity contribution in [3.8, 4) is 0 Å². The van der Waals surface area contributed by atoms with Crippen LogP contribution in [0.3, 0.4) is 0 Å². The van der Waals surface area contributed by atoms with E-state index in [1.807, 2.05) is 31.2 Å². The summed E-state index contributed by atoms with van der Waals surface area (Å²) >= 11 is 3.39. The van der Waals surface area contributed by atoms with Crippen LogP contribution in [0.5, 0.6) is 0 Å². The number of halogens is 1. The Morgan fingerprint density at radius 2 is 1.90 bits per heavy atom. The van der Waals surface area contributed by atoms with Crippen molar-refractivity contribution >= 4 is 43.3 Å². The van der Waals surface area contributed by atoms with Crippen LogP contribution in [-0.4, -0.2) is 19.2 Å². The highest BCUT2D eigenvalue weighted by Crippen LogP contribution is 2.35. The van der Waals surface area contributed by atoms with Crippen LogP contribution in [-0.2, 0) is 10.0 Å². The number of nitrogens with zero attached hydrogens (tertiary/aromatic N) is 3. The van der Waals surface area contributed by atoms with E-state index in [0.717, 1.165) is 10.2 Å². The number of hydrogen-bond donors (Lipinski definition) is 0. The molecule has 108 valence electrons. The van der Waals surface area contributed by atoms with Crippen LogP contribution in [0.4, 0.5) is 11.5 Å². The number of aromatic nitrogens is 1. The molecule has 7 heteroatoms. The molecule has 0 aliphatic carbocycles. The molecule has 0 N–H and O–H groups in total. The van der Waals surface area contributed by atoms with Gasteiger partial charge in [0.15, 0.2) is 5.82 Å². The molecule has 0 unspecified atom stereocenters. The molecule has 3 rings (SSSR count). The first kappa shape index (κ1) is 14.2. The fourth-order valence-electron chi connectivity index (χ4n) is 2.19. The minimum atomic E-state index is -3.68. The fourth-order valence-corrected chi connectivity index (χ4v) is 3.66. The third-order valence-electron chi connectivity index (χ3n) is 3.13. The summed E-state index contributed by atoms with van der Waals surface area (Å²) in [6.07, 6.45) is 2.07. The molecule has 0 bridgehead atoms. The van der Waals surface area contributed by atoms with Crippen molar-refractivity contribution in [2.75, 3.05) is 4.90 Å². The largest absolute Gasteiger partial charge is 0.287 e. The van der Waals surface area contributed by atoms with Gasteiger partial charge < -0.3 is 0 Å². The molecular weight excluding hydrogens is 354 g/mol. The molecule has 1 aliphatic rings. The second kappa shape index (κ2) is 5.23. The van der Waals surface area contributed by atoms with Crippen LogP contribution in [0.25, 0.3) is 0 Å². The van der Waals surface area contributed by atoms with E-state index in [1.54, 1.807) is 17.2 Å². The Bertz CT molecular complexity index is 816. The van der Waals surface area contributed by atoms with E-state index in [0.29, 0.717) is 18.1 Å². The topological polar surface area (TPSA) is 62.6 Å². The molecule has 0 radical (unpaired) electrons. The zero-order valence-electron chi connectivity index (χ0n) is 11.2. The molecule has 2 aromatic rings. The summed E-state index contributed by atoms with van der Waals surface area (Å²) in [6, 6.07) is 10.7. The maximum atomic E-state index is 12.2. The van der Waals surface area contributed by atoms with Crippen molar-refractivity contribution in [2.45, 2.75) is 18.2 Å². The van der Waals surface area contributed by atoms with Crippen molar-refractivity contribution < 1.29 is 8.42 Å². The Kier molecular flexibility index (Phi) is 3.54. The molecule has 1 aromatic heterocycles. The van der Waals surface area contributed by atoms with Crippen LogP contribution in [0, 0.1) is 0 Å². The molecule has 0 saturated carbocycles. The summed E-state index contributed by atoms with van der Waals surface area (Å²) in [5.41, 5.74) is 0.827. The van der Waals surface area contributed by atoms with Crippen molar-refractivity contribution in [3.63, 3.8) is 0 Å². The molecule has 0 saturated heterocycles. The molecule has 1 aliphatic heterocycles. The van der Waals surface area contributed by atoms with Gasteiger partial charge >= 0.3 is 0 Å². The van der Waals surface area contributed by atoms with Gasteiger partial charge in [0.1, 0.15) is 10.7 Å². The summed E-state index contributed by atoms with van der Waals surface area (Å²) < 4.78 is 29.3. The quantitative estimate of drug-likeness (QED) is 0.816. The minimum absolute atomic E-state index is 0.130. The van der Waals surface area contributed by atoms with Gasteiger partial charge in [-0.05, 0) is 36.4 Å². The maximum Gasteiger partial charge on any atom is 0.287 e. The van der Waals surface area contributed by atoms with Gasteiger partial charge in [-0.25, -0.2) is 4.98 Å². The second-order valence-corrected chi connectivity index (χ2v) is 6.96. The third kappa shape index (κ3) is 2.47. The number of fused-ring (bicyclic) bond motifs is 1. The van der Waals surface area contributed by atoms with E-state index < -0.39 is 10.0 Å². The van der Waals surface area contributed by atoms with E-state index in [9.17, 15) is 8.42 Å². The highest BCUT2D eigenvalue weighted by molar-refractivity contribution is 9.10. The lowest BCUT2D eigenvalue weighted by Gasteiger charge is -2.29. The number of amidine groups is 1. The smallest absolute Gasteiger partial charge is 0.281 e. The Balaban J connectivity index is 2.25. The first-order chi connectivity index (χ1) is 10.0. The number of rotatable bonds is 2. The minimum Gasteiger partial charge on any atom is -0.281 e. The molecular formula is C14H12BrN3O2S. The Morgan fingerprint density at radius 1 is 1.19 bits per heavy atom. The highest BCUT2D eigenvalue weighted by Gasteiger charge is 2.31. The normalized spacial score (nSPS) is 16.3. The third-order valence-corrected chi connectivity index (χ3v) is 4.98. The van der Waals surface area contributed by atoms with Gasteiger partial charge in [-0.2, -0.15) is 8.42 Å². The average Bonchev–Trinajstić information content (AvgIpc) is 2.48. The lowest BCUT2D eigenvalue weighted by atomic mass is 10.2. The number of pyridine rings is 1. The lowest BCUT2D eigenvalue weighted by Crippen LogP contribution is -2.32. The molecule has 0 spiro atoms. The second-order valence-electron chi connectivity index (χ2n) is 4.47. The Hall–Kier alpha value is -1.73. The van der Waals surface area contributed by atoms with Crippen LogP contribution < -0.4 is 4.90 Å². The lowest BCUT2D eigenvalue weighted by molar-refractivity contribution is 0.596. The summed E-state index contributed by atoms with van der Waals surface area (Å²) in [4.78, 5) is 6.16. The van der Waals surface area contributed by atoms with Crippen LogP contribution in [0.15, 0.2) is 56.4 Å². The SMILES string of the molecule is CCC1=NS(=O)(=O)c2cccnc2N1c1ccc(Br)cc1. The number of hydrogen-bond acceptors (Lipinski definition) is 4. The van der Waals surface area contributed by atoms with Gasteiger partial charge in [0.2, 0.25) is 0 Å². The Labute approximate surface area is 131 Å². The number of benzene rings is 1. The van der Waals surface area contributed by atoms with Gasteiger partial charge in [-0.15, -0.1) is 4.40 Å². The summed E-state index contributed by atoms with van der Waals surface area (Å²) in [5, 5.41) is 0. The van der Waals surface area contributed by atoms with Gasteiger partial charge in [0.25, 0.3) is 10.0 Å². The van der Waals surface area contributed by atoms with E-state index >= 15 is 0 Å². The first-order valence-corrected chi connectivity index (χ1v) is 8.61. The van der Waals surface area contributed by atoms with Gasteiger partial charge in [-0.3, -0.25) is 4.90 Å². The van der Waals surface area contributed by atoms with Gasteiger partial charge in [0.05, 0.1) is 0 Å². The zero-order chi connectivity index (χ0) is 15.0. The molecule has 0 amide bonds. The maximum absolute atomic E-state index is 12.2. The Morgan fingerprint density at radius 3 is 2.57 bits per heavy atom. The fraction of sp³-hybridized carbons (Fsp3) is 0.143. The van der Waals surface area contributed by atoms with E-state index in [-0.39, 0.29) is 4.90 Å². The zero-order valence-corrected chi connectivity index (χ0v) is 13.6. The predicted octanol–water partition coefficient (Wildman–Crippen LogP) is 3.49. The monoisotopic (exact) mass is 365 g/mol. The first-order valence-electron chi connectivity index (χ1n) is 6.37. The van der Waals surface area contributed by atoms with Crippen molar-refractivity contribution in [1.29, 1.82) is 0 Å². The number of anilines is 2. The van der Waals surface area contributed by atoms with Crippen molar-refractivity contribution in [2.24, 2.45) is 4.40 Å². The predicted molar refractivity (Wildman–Crippen MR) is 85.4 cm³/mol. The van der Waals surface area contributed by atoms with Crippen molar-refractivity contribution in [1.82, 2.24) is 4.98 Å². The summed E-state index contributed by atoms with van der Waals surface area (Å²) in [7, 11) is -3.68. The van der Waals surface area contributed by atoms with E-state index in [1.165, 1.54) is 6.07 Å². The van der Waals surface area contributed by atoms with Crippen molar-refractivity contribution in [3.05, 3.63) is 47.1 Å². The van der Waals surface area contributed by atoms with E-state index in [2.05, 4.69) is 25.3 Å². The molecule has 0 fully saturated rings. The standard InChI is InChI=1S/C14H12BrN3O2S/c1-2-13-17-21(19,20)12-4-3-9-16-14(12)18(13)11-7-5-10(15)6-8-11/h3-9H,2H2,1H3. The summed E-state index contributed by atoms with van der Waals surface area (Å²) in [5.74, 6) is 0.857. The van der Waals surface area contributed by atoms with Crippen LogP contribution in [0.2, 0.25) is 0 Å². The average molecular weight is 366 g/mol. The molecule has 1 aromatic carbocycles. The molecule has 0 atom stereocenters. The van der Waals surface area contributed by atoms with Crippen LogP contribution >= 0.6 is 15.9 Å². The van der Waals surface area contributed by atoms with Gasteiger partial charge in [0, 0.05) is 22.8 Å². The molecule has 5 nitrogen and oxygen atoms in total. The molecule has 21 heavy (non-hydrogen) atoms. The number of sulfonamides is 1. The van der Waals surface area contributed by atoms with Gasteiger partial charge in [-0.1, -0.05) is 22.9 Å². The summed E-state index contributed by atoms with van der Waals surface area (Å²) in [6.45, 7) is 1.87. The van der Waals surface area contributed by atoms with Crippen LogP contribution in [0.1, 0.15) is 13.3 Å². The highest BCUT2D eigenvalue weighted by atomic mass is 79.9. The molecule has 2 heterocycles.